The zero-order valence-electron chi connectivity index (χ0n) is 16.7. The summed E-state index contributed by atoms with van der Waals surface area (Å²) in [6, 6.07) is 15.4. The first kappa shape index (κ1) is 18.5. The first-order valence-corrected chi connectivity index (χ1v) is 10.4. The molecular weight excluding hydrogens is 376 g/mol. The van der Waals surface area contributed by atoms with Crippen LogP contribution in [-0.4, -0.2) is 45.0 Å². The number of benzene rings is 1. The first-order chi connectivity index (χ1) is 14.8. The zero-order chi connectivity index (χ0) is 20.3. The van der Waals surface area contributed by atoms with Gasteiger partial charge in [0.1, 0.15) is 11.5 Å². The molecule has 3 aromatic rings. The Bertz CT molecular complexity index is 1040. The van der Waals surface area contributed by atoms with Crippen molar-refractivity contribution in [2.24, 2.45) is 0 Å². The second-order valence-electron chi connectivity index (χ2n) is 7.76. The lowest BCUT2D eigenvalue weighted by molar-refractivity contribution is 0.222. The van der Waals surface area contributed by atoms with Crippen molar-refractivity contribution < 1.29 is 4.79 Å². The van der Waals surface area contributed by atoms with Crippen molar-refractivity contribution in [2.75, 3.05) is 23.7 Å². The van der Waals surface area contributed by atoms with Gasteiger partial charge in [0.25, 0.3) is 0 Å². The Hall–Kier alpha value is -3.48. The summed E-state index contributed by atoms with van der Waals surface area (Å²) in [5, 5.41) is 6.57. The van der Waals surface area contributed by atoms with E-state index in [-0.39, 0.29) is 12.1 Å². The van der Waals surface area contributed by atoms with E-state index in [0.717, 1.165) is 55.1 Å². The highest BCUT2D eigenvalue weighted by Crippen LogP contribution is 2.30. The number of carbonyl (C=O) groups is 1. The molecule has 1 aromatic carbocycles. The number of fused-ring (bicyclic) bond motifs is 1. The van der Waals surface area contributed by atoms with Crippen molar-refractivity contribution in [3.8, 4) is 11.5 Å². The number of aryl methyl sites for hydroxylation is 1. The van der Waals surface area contributed by atoms with Crippen molar-refractivity contribution in [3.63, 3.8) is 0 Å². The van der Waals surface area contributed by atoms with Crippen LogP contribution in [0.2, 0.25) is 0 Å². The Balaban J connectivity index is 1.30. The van der Waals surface area contributed by atoms with E-state index in [1.807, 2.05) is 53.4 Å². The molecule has 1 saturated heterocycles. The van der Waals surface area contributed by atoms with Gasteiger partial charge in [-0.1, -0.05) is 24.3 Å². The number of hydrogen-bond acceptors (Lipinski definition) is 5. The molecule has 0 bridgehead atoms. The molecule has 5 rings (SSSR count). The Morgan fingerprint density at radius 3 is 2.73 bits per heavy atom. The molecule has 1 aliphatic heterocycles. The SMILES string of the molecule is O=C(Nc1ccccc1)N1CCC(Nc2nc(-c3ccccn3)nc3c2CCC3)C1. The molecule has 2 aromatic heterocycles. The minimum Gasteiger partial charge on any atom is -0.365 e. The van der Waals surface area contributed by atoms with E-state index in [4.69, 9.17) is 9.97 Å². The molecule has 1 aliphatic carbocycles. The fourth-order valence-electron chi connectivity index (χ4n) is 4.14. The monoisotopic (exact) mass is 400 g/mol. The second-order valence-corrected chi connectivity index (χ2v) is 7.76. The third kappa shape index (κ3) is 3.83. The van der Waals surface area contributed by atoms with Gasteiger partial charge in [-0.05, 0) is 49.9 Å². The highest BCUT2D eigenvalue weighted by Gasteiger charge is 2.28. The van der Waals surface area contributed by atoms with Gasteiger partial charge in [-0.3, -0.25) is 4.98 Å². The Morgan fingerprint density at radius 1 is 1.03 bits per heavy atom. The normalized spacial score (nSPS) is 17.6. The minimum atomic E-state index is -0.0624. The van der Waals surface area contributed by atoms with Crippen molar-refractivity contribution >= 4 is 17.5 Å². The highest BCUT2D eigenvalue weighted by molar-refractivity contribution is 5.89. The van der Waals surface area contributed by atoms with E-state index in [9.17, 15) is 4.79 Å². The molecular formula is C23H24N6O. The standard InChI is InChI=1S/C23H24N6O/c30-23(26-16-7-2-1-3-8-16)29-14-12-17(15-29)25-21-18-9-6-11-19(18)27-22(28-21)20-10-4-5-13-24-20/h1-5,7-8,10,13,17H,6,9,11-12,14-15H2,(H,26,30)(H,25,27,28). The van der Waals surface area contributed by atoms with E-state index in [1.165, 1.54) is 5.56 Å². The molecule has 0 radical (unpaired) electrons. The summed E-state index contributed by atoms with van der Waals surface area (Å²) in [4.78, 5) is 28.4. The van der Waals surface area contributed by atoms with Crippen molar-refractivity contribution in [1.29, 1.82) is 0 Å². The maximum atomic E-state index is 12.6. The summed E-state index contributed by atoms with van der Waals surface area (Å²) < 4.78 is 0. The third-order valence-corrected chi connectivity index (χ3v) is 5.67. The van der Waals surface area contributed by atoms with E-state index < -0.39 is 0 Å². The summed E-state index contributed by atoms with van der Waals surface area (Å²) in [5.41, 5.74) is 3.92. The van der Waals surface area contributed by atoms with E-state index in [0.29, 0.717) is 12.4 Å². The highest BCUT2D eigenvalue weighted by atomic mass is 16.2. The topological polar surface area (TPSA) is 83.0 Å². The van der Waals surface area contributed by atoms with E-state index >= 15 is 0 Å². The van der Waals surface area contributed by atoms with Crippen LogP contribution in [0.15, 0.2) is 54.7 Å². The molecule has 0 saturated carbocycles. The molecule has 152 valence electrons. The smallest absolute Gasteiger partial charge is 0.321 e. The predicted molar refractivity (Wildman–Crippen MR) is 116 cm³/mol. The summed E-state index contributed by atoms with van der Waals surface area (Å²) in [5.74, 6) is 1.56. The fourth-order valence-corrected chi connectivity index (χ4v) is 4.14. The second kappa shape index (κ2) is 8.10. The number of nitrogens with one attached hydrogen (secondary N) is 2. The van der Waals surface area contributed by atoms with Gasteiger partial charge in [0, 0.05) is 42.3 Å². The van der Waals surface area contributed by atoms with E-state index in [1.54, 1.807) is 6.20 Å². The van der Waals surface area contributed by atoms with Crippen LogP contribution in [-0.2, 0) is 12.8 Å². The number of rotatable bonds is 4. The summed E-state index contributed by atoms with van der Waals surface area (Å²) >= 11 is 0. The fraction of sp³-hybridized carbons (Fsp3) is 0.304. The molecule has 3 heterocycles. The Kier molecular flexibility index (Phi) is 5.01. The van der Waals surface area contributed by atoms with Crippen LogP contribution in [0.3, 0.4) is 0 Å². The van der Waals surface area contributed by atoms with Crippen molar-refractivity contribution in [3.05, 3.63) is 66.0 Å². The van der Waals surface area contributed by atoms with Gasteiger partial charge in [-0.2, -0.15) is 0 Å². The number of para-hydroxylation sites is 1. The molecule has 1 unspecified atom stereocenters. The quantitative estimate of drug-likeness (QED) is 0.697. The number of nitrogens with zero attached hydrogens (tertiary/aromatic N) is 4. The first-order valence-electron chi connectivity index (χ1n) is 10.4. The summed E-state index contributed by atoms with van der Waals surface area (Å²) in [7, 11) is 0. The van der Waals surface area contributed by atoms with Crippen LogP contribution < -0.4 is 10.6 Å². The number of urea groups is 1. The Morgan fingerprint density at radius 2 is 1.90 bits per heavy atom. The predicted octanol–water partition coefficient (Wildman–Crippen LogP) is 3.75. The molecule has 7 nitrogen and oxygen atoms in total. The summed E-state index contributed by atoms with van der Waals surface area (Å²) in [6.07, 6.45) is 5.72. The number of pyridine rings is 1. The lowest BCUT2D eigenvalue weighted by Crippen LogP contribution is -2.35. The number of anilines is 2. The molecule has 2 N–H and O–H groups in total. The lowest BCUT2D eigenvalue weighted by atomic mass is 10.2. The zero-order valence-corrected chi connectivity index (χ0v) is 16.7. The van der Waals surface area contributed by atoms with Crippen molar-refractivity contribution in [2.45, 2.75) is 31.7 Å². The third-order valence-electron chi connectivity index (χ3n) is 5.67. The number of hydrogen-bond donors (Lipinski definition) is 2. The van der Waals surface area contributed by atoms with Gasteiger partial charge in [-0.25, -0.2) is 14.8 Å². The molecule has 2 amide bonds. The van der Waals surface area contributed by atoms with Crippen LogP contribution in [0, 0.1) is 0 Å². The lowest BCUT2D eigenvalue weighted by Gasteiger charge is -2.19. The summed E-state index contributed by atoms with van der Waals surface area (Å²) in [6.45, 7) is 1.37. The molecule has 0 spiro atoms. The van der Waals surface area contributed by atoms with Crippen molar-refractivity contribution in [1.82, 2.24) is 19.9 Å². The van der Waals surface area contributed by atoms with Gasteiger partial charge in [0.15, 0.2) is 5.82 Å². The maximum absolute atomic E-state index is 12.6. The van der Waals surface area contributed by atoms with Gasteiger partial charge in [-0.15, -0.1) is 0 Å². The minimum absolute atomic E-state index is 0.0624. The Labute approximate surface area is 175 Å². The number of amides is 2. The largest absolute Gasteiger partial charge is 0.365 e. The van der Waals surface area contributed by atoms with Crippen LogP contribution in [0.5, 0.6) is 0 Å². The number of aromatic nitrogens is 3. The van der Waals surface area contributed by atoms with Crippen LogP contribution >= 0.6 is 0 Å². The average molecular weight is 400 g/mol. The van der Waals surface area contributed by atoms with Gasteiger partial charge < -0.3 is 15.5 Å². The number of carbonyl (C=O) groups excluding carboxylic acids is 1. The number of likely N-dealkylation sites (tertiary alicyclic amines) is 1. The van der Waals surface area contributed by atoms with Gasteiger partial charge in [0.05, 0.1) is 0 Å². The van der Waals surface area contributed by atoms with Crippen LogP contribution in [0.4, 0.5) is 16.3 Å². The van der Waals surface area contributed by atoms with Crippen LogP contribution in [0.25, 0.3) is 11.5 Å². The van der Waals surface area contributed by atoms with Crippen LogP contribution in [0.1, 0.15) is 24.1 Å². The molecule has 1 atom stereocenters. The van der Waals surface area contributed by atoms with Gasteiger partial charge in [0.2, 0.25) is 0 Å². The molecule has 1 fully saturated rings. The molecule has 30 heavy (non-hydrogen) atoms. The van der Waals surface area contributed by atoms with Gasteiger partial charge >= 0.3 is 6.03 Å². The molecule has 2 aliphatic rings. The molecule has 7 heteroatoms. The van der Waals surface area contributed by atoms with E-state index in [2.05, 4.69) is 15.6 Å². The maximum Gasteiger partial charge on any atom is 0.321 e. The average Bonchev–Trinajstić information content (AvgIpc) is 3.45.